The Morgan fingerprint density at radius 3 is 2.62 bits per heavy atom. The van der Waals surface area contributed by atoms with Crippen molar-refractivity contribution in [3.05, 3.63) is 23.8 Å². The molecule has 0 radical (unpaired) electrons. The molecule has 1 fully saturated rings. The zero-order valence-electron chi connectivity index (χ0n) is 14.2. The standard InChI is InChI=1S/C17H19N3O6/c1-24-12-8-10(9-13-15(12)26-7-6-25-13)2-5-14(21)19-20-17(23)16(22)18-11-3-4-11/h2,5,8-9,11H,3-4,6-7H2,1H3,(H,18,22)(H,19,21)(H,20,23)/b5-2+. The van der Waals surface area contributed by atoms with Crippen LogP contribution in [0.15, 0.2) is 18.2 Å². The molecule has 3 rings (SSSR count). The van der Waals surface area contributed by atoms with E-state index in [4.69, 9.17) is 14.2 Å². The average Bonchev–Trinajstić information content (AvgIpc) is 3.47. The number of hydrogen-bond donors (Lipinski definition) is 3. The lowest BCUT2D eigenvalue weighted by atomic mass is 10.1. The number of ether oxygens (including phenoxy) is 3. The molecule has 138 valence electrons. The maximum absolute atomic E-state index is 11.8. The van der Waals surface area contributed by atoms with E-state index in [9.17, 15) is 14.4 Å². The van der Waals surface area contributed by atoms with Crippen LogP contribution in [0.4, 0.5) is 0 Å². The van der Waals surface area contributed by atoms with E-state index in [-0.39, 0.29) is 6.04 Å². The van der Waals surface area contributed by atoms with Crippen molar-refractivity contribution >= 4 is 23.8 Å². The van der Waals surface area contributed by atoms with Crippen LogP contribution >= 0.6 is 0 Å². The van der Waals surface area contributed by atoms with Gasteiger partial charge in [-0.2, -0.15) is 0 Å². The molecule has 1 saturated carbocycles. The third-order valence-corrected chi connectivity index (χ3v) is 3.70. The largest absolute Gasteiger partial charge is 0.493 e. The lowest BCUT2D eigenvalue weighted by Crippen LogP contribution is -2.48. The third kappa shape index (κ3) is 4.44. The predicted octanol–water partition coefficient (Wildman–Crippen LogP) is -0.0944. The molecule has 1 aromatic carbocycles. The van der Waals surface area contributed by atoms with Gasteiger partial charge in [0.25, 0.3) is 5.91 Å². The van der Waals surface area contributed by atoms with Crippen molar-refractivity contribution in [2.45, 2.75) is 18.9 Å². The van der Waals surface area contributed by atoms with Gasteiger partial charge in [0.2, 0.25) is 5.75 Å². The number of fused-ring (bicyclic) bond motifs is 1. The predicted molar refractivity (Wildman–Crippen MR) is 90.5 cm³/mol. The first-order chi connectivity index (χ1) is 12.6. The number of carbonyl (C=O) groups is 3. The highest BCUT2D eigenvalue weighted by molar-refractivity contribution is 6.35. The van der Waals surface area contributed by atoms with Gasteiger partial charge in [-0.15, -0.1) is 0 Å². The van der Waals surface area contributed by atoms with Crippen molar-refractivity contribution in [2.24, 2.45) is 0 Å². The summed E-state index contributed by atoms with van der Waals surface area (Å²) in [5, 5.41) is 2.52. The number of amides is 3. The maximum atomic E-state index is 11.8. The molecule has 0 unspecified atom stereocenters. The number of rotatable bonds is 4. The van der Waals surface area contributed by atoms with Gasteiger partial charge in [0.15, 0.2) is 11.5 Å². The highest BCUT2D eigenvalue weighted by Gasteiger charge is 2.26. The Kier molecular flexibility index (Phi) is 5.26. The van der Waals surface area contributed by atoms with Gasteiger partial charge in [-0.1, -0.05) is 0 Å². The first-order valence-corrected chi connectivity index (χ1v) is 8.13. The molecular weight excluding hydrogens is 342 g/mol. The zero-order valence-corrected chi connectivity index (χ0v) is 14.2. The van der Waals surface area contributed by atoms with Gasteiger partial charge in [-0.3, -0.25) is 25.2 Å². The summed E-state index contributed by atoms with van der Waals surface area (Å²) in [5.41, 5.74) is 4.85. The summed E-state index contributed by atoms with van der Waals surface area (Å²) < 4.78 is 16.3. The van der Waals surface area contributed by atoms with Gasteiger partial charge in [-0.05, 0) is 36.6 Å². The highest BCUT2D eigenvalue weighted by atomic mass is 16.6. The Labute approximate surface area is 149 Å². The van der Waals surface area contributed by atoms with Crippen molar-refractivity contribution < 1.29 is 28.6 Å². The zero-order chi connectivity index (χ0) is 18.5. The third-order valence-electron chi connectivity index (χ3n) is 3.70. The first kappa shape index (κ1) is 17.6. The number of benzene rings is 1. The fourth-order valence-electron chi connectivity index (χ4n) is 2.26. The Morgan fingerprint density at radius 1 is 1.12 bits per heavy atom. The van der Waals surface area contributed by atoms with E-state index in [0.29, 0.717) is 36.0 Å². The molecule has 3 amide bonds. The van der Waals surface area contributed by atoms with Gasteiger partial charge in [0, 0.05) is 12.1 Å². The van der Waals surface area contributed by atoms with Crippen LogP contribution in [-0.4, -0.2) is 44.1 Å². The smallest absolute Gasteiger partial charge is 0.327 e. The molecule has 1 aliphatic heterocycles. The quantitative estimate of drug-likeness (QED) is 0.392. The summed E-state index contributed by atoms with van der Waals surface area (Å²) in [6, 6.07) is 3.47. The molecule has 1 heterocycles. The van der Waals surface area contributed by atoms with Crippen molar-refractivity contribution in [3.8, 4) is 17.2 Å². The molecule has 0 atom stereocenters. The Balaban J connectivity index is 1.56. The minimum atomic E-state index is -0.917. The Bertz CT molecular complexity index is 740. The molecule has 9 heteroatoms. The topological polar surface area (TPSA) is 115 Å². The molecular formula is C17H19N3O6. The normalized spacial score (nSPS) is 15.3. The van der Waals surface area contributed by atoms with Crippen LogP contribution in [0, 0.1) is 0 Å². The number of carbonyl (C=O) groups excluding carboxylic acids is 3. The molecule has 1 aliphatic carbocycles. The van der Waals surface area contributed by atoms with Crippen molar-refractivity contribution in [1.29, 1.82) is 0 Å². The molecule has 2 aliphatic rings. The molecule has 0 saturated heterocycles. The van der Waals surface area contributed by atoms with E-state index in [1.54, 1.807) is 12.1 Å². The van der Waals surface area contributed by atoms with Crippen molar-refractivity contribution in [3.63, 3.8) is 0 Å². The second kappa shape index (κ2) is 7.77. The van der Waals surface area contributed by atoms with Crippen LogP contribution in [0.1, 0.15) is 18.4 Å². The summed E-state index contributed by atoms with van der Waals surface area (Å²) in [4.78, 5) is 34.8. The van der Waals surface area contributed by atoms with Gasteiger partial charge in [0.05, 0.1) is 7.11 Å². The van der Waals surface area contributed by atoms with E-state index in [1.165, 1.54) is 19.3 Å². The van der Waals surface area contributed by atoms with Crippen LogP contribution in [-0.2, 0) is 14.4 Å². The fourth-order valence-corrected chi connectivity index (χ4v) is 2.26. The molecule has 9 nitrogen and oxygen atoms in total. The van der Waals surface area contributed by atoms with E-state index in [0.717, 1.165) is 12.8 Å². The minimum absolute atomic E-state index is 0.0639. The van der Waals surface area contributed by atoms with Crippen LogP contribution in [0.5, 0.6) is 17.2 Å². The van der Waals surface area contributed by atoms with E-state index in [1.807, 2.05) is 0 Å². The summed E-state index contributed by atoms with van der Waals surface area (Å²) in [6.07, 6.45) is 4.47. The van der Waals surface area contributed by atoms with Crippen LogP contribution in [0.3, 0.4) is 0 Å². The van der Waals surface area contributed by atoms with Gasteiger partial charge < -0.3 is 19.5 Å². The molecule has 0 spiro atoms. The van der Waals surface area contributed by atoms with E-state index >= 15 is 0 Å². The first-order valence-electron chi connectivity index (χ1n) is 8.13. The second-order valence-corrected chi connectivity index (χ2v) is 5.77. The Hall–Kier alpha value is -3.23. The SMILES string of the molecule is COc1cc(/C=C/C(=O)NNC(=O)C(=O)NC2CC2)cc2c1OCCO2. The van der Waals surface area contributed by atoms with Crippen LogP contribution in [0.2, 0.25) is 0 Å². The van der Waals surface area contributed by atoms with Crippen LogP contribution < -0.4 is 30.4 Å². The van der Waals surface area contributed by atoms with E-state index < -0.39 is 17.7 Å². The molecule has 0 bridgehead atoms. The summed E-state index contributed by atoms with van der Waals surface area (Å²) in [7, 11) is 1.51. The van der Waals surface area contributed by atoms with E-state index in [2.05, 4.69) is 16.2 Å². The van der Waals surface area contributed by atoms with Crippen molar-refractivity contribution in [1.82, 2.24) is 16.2 Å². The summed E-state index contributed by atoms with van der Waals surface area (Å²) in [5.74, 6) is -0.735. The fraction of sp³-hybridized carbons (Fsp3) is 0.353. The second-order valence-electron chi connectivity index (χ2n) is 5.77. The highest BCUT2D eigenvalue weighted by Crippen LogP contribution is 2.40. The monoisotopic (exact) mass is 361 g/mol. The molecule has 3 N–H and O–H groups in total. The summed E-state index contributed by atoms with van der Waals surface area (Å²) in [6.45, 7) is 0.869. The number of hydrogen-bond acceptors (Lipinski definition) is 6. The molecule has 1 aromatic rings. The maximum Gasteiger partial charge on any atom is 0.327 e. The molecule has 0 aromatic heterocycles. The number of hydrazine groups is 1. The van der Waals surface area contributed by atoms with Crippen molar-refractivity contribution in [2.75, 3.05) is 20.3 Å². The number of methoxy groups -OCH3 is 1. The Morgan fingerprint density at radius 2 is 1.88 bits per heavy atom. The van der Waals surface area contributed by atoms with Crippen LogP contribution in [0.25, 0.3) is 6.08 Å². The lowest BCUT2D eigenvalue weighted by Gasteiger charge is -2.20. The van der Waals surface area contributed by atoms with Gasteiger partial charge in [-0.25, -0.2) is 0 Å². The van der Waals surface area contributed by atoms with Gasteiger partial charge in [0.1, 0.15) is 13.2 Å². The number of nitrogens with one attached hydrogen (secondary N) is 3. The minimum Gasteiger partial charge on any atom is -0.493 e. The summed E-state index contributed by atoms with van der Waals surface area (Å²) >= 11 is 0. The average molecular weight is 361 g/mol. The van der Waals surface area contributed by atoms with Gasteiger partial charge >= 0.3 is 11.8 Å². The molecule has 26 heavy (non-hydrogen) atoms. The lowest BCUT2D eigenvalue weighted by molar-refractivity contribution is -0.140.